The van der Waals surface area contributed by atoms with Crippen molar-refractivity contribution in [3.63, 3.8) is 0 Å². The lowest BCUT2D eigenvalue weighted by Crippen LogP contribution is -2.28. The summed E-state index contributed by atoms with van der Waals surface area (Å²) in [5.74, 6) is 1.15. The van der Waals surface area contributed by atoms with E-state index in [1.165, 1.54) is 10.4 Å². The number of hydrogen-bond donors (Lipinski definition) is 1. The van der Waals surface area contributed by atoms with Gasteiger partial charge in [0.05, 0.1) is 18.8 Å². The summed E-state index contributed by atoms with van der Waals surface area (Å²) >= 11 is 0. The van der Waals surface area contributed by atoms with Crippen molar-refractivity contribution in [2.75, 3.05) is 38.2 Å². The number of fused-ring (bicyclic) bond motifs is 1. The summed E-state index contributed by atoms with van der Waals surface area (Å²) in [6.45, 7) is 5.59. The molecule has 176 valence electrons. The largest absolute Gasteiger partial charge is 0.492 e. The van der Waals surface area contributed by atoms with Crippen LogP contribution in [0.5, 0.6) is 17.2 Å². The molecule has 2 aliphatic rings. The van der Waals surface area contributed by atoms with Crippen LogP contribution in [-0.2, 0) is 14.8 Å². The maximum absolute atomic E-state index is 13.2. The second-order valence-corrected chi connectivity index (χ2v) is 9.63. The van der Waals surface area contributed by atoms with Gasteiger partial charge in [0, 0.05) is 24.3 Å². The molecule has 1 N–H and O–H groups in total. The van der Waals surface area contributed by atoms with Crippen LogP contribution in [0.15, 0.2) is 46.9 Å². The first-order chi connectivity index (χ1) is 15.9. The number of nitrogens with zero attached hydrogens (tertiary/aromatic N) is 1. The van der Waals surface area contributed by atoms with E-state index in [0.717, 1.165) is 18.4 Å². The monoisotopic (exact) mass is 472 g/mol. The van der Waals surface area contributed by atoms with Gasteiger partial charge in [0.1, 0.15) is 17.3 Å². The number of anilines is 1. The van der Waals surface area contributed by atoms with E-state index in [0.29, 0.717) is 49.1 Å². The van der Waals surface area contributed by atoms with Crippen LogP contribution in [0.25, 0.3) is 6.08 Å². The summed E-state index contributed by atoms with van der Waals surface area (Å²) in [6.07, 6.45) is 3.42. The molecule has 4 rings (SSSR count). The van der Waals surface area contributed by atoms with Gasteiger partial charge in [-0.3, -0.25) is 4.79 Å². The predicted molar refractivity (Wildman–Crippen MR) is 125 cm³/mol. The molecule has 2 aromatic carbocycles. The molecule has 0 atom stereocenters. The lowest BCUT2D eigenvalue weighted by molar-refractivity contribution is -0.113. The number of benzene rings is 2. The summed E-state index contributed by atoms with van der Waals surface area (Å²) in [7, 11) is -3.72. The van der Waals surface area contributed by atoms with Crippen molar-refractivity contribution >= 4 is 27.7 Å². The molecule has 8 nitrogen and oxygen atoms in total. The van der Waals surface area contributed by atoms with Gasteiger partial charge < -0.3 is 19.5 Å². The minimum absolute atomic E-state index is 0.0598. The van der Waals surface area contributed by atoms with E-state index in [4.69, 9.17) is 14.2 Å². The van der Waals surface area contributed by atoms with E-state index in [1.54, 1.807) is 25.1 Å². The highest BCUT2D eigenvalue weighted by Crippen LogP contribution is 2.36. The number of hydrogen-bond acceptors (Lipinski definition) is 6. The highest BCUT2D eigenvalue weighted by atomic mass is 32.2. The fourth-order valence-electron chi connectivity index (χ4n) is 3.92. The second kappa shape index (κ2) is 9.84. The van der Waals surface area contributed by atoms with E-state index < -0.39 is 10.0 Å². The van der Waals surface area contributed by atoms with Gasteiger partial charge in [-0.25, -0.2) is 8.42 Å². The van der Waals surface area contributed by atoms with Crippen LogP contribution >= 0.6 is 0 Å². The molecule has 0 saturated carbocycles. The van der Waals surface area contributed by atoms with Gasteiger partial charge in [0.2, 0.25) is 10.0 Å². The second-order valence-electron chi connectivity index (χ2n) is 7.73. The molecule has 2 heterocycles. The molecule has 33 heavy (non-hydrogen) atoms. The maximum Gasteiger partial charge on any atom is 0.255 e. The summed E-state index contributed by atoms with van der Waals surface area (Å²) in [6, 6.07) is 10.2. The molecule has 1 amide bonds. The number of nitrogens with one attached hydrogen (secondary N) is 1. The Morgan fingerprint density at radius 3 is 2.52 bits per heavy atom. The smallest absolute Gasteiger partial charge is 0.255 e. The number of ether oxygens (including phenoxy) is 3. The average Bonchev–Trinajstić information content (AvgIpc) is 3.36. The maximum atomic E-state index is 13.2. The van der Waals surface area contributed by atoms with Crippen molar-refractivity contribution in [1.29, 1.82) is 0 Å². The number of rotatable bonds is 8. The van der Waals surface area contributed by atoms with Crippen LogP contribution in [0.3, 0.4) is 0 Å². The number of carbonyl (C=O) groups is 1. The fraction of sp³-hybridized carbons (Fsp3) is 0.375. The van der Waals surface area contributed by atoms with Crippen LogP contribution in [0.1, 0.15) is 32.3 Å². The molecule has 0 aromatic heterocycles. The first-order valence-electron chi connectivity index (χ1n) is 11.1. The van der Waals surface area contributed by atoms with E-state index in [-0.39, 0.29) is 23.2 Å². The first kappa shape index (κ1) is 23.1. The van der Waals surface area contributed by atoms with E-state index in [9.17, 15) is 13.2 Å². The van der Waals surface area contributed by atoms with Gasteiger partial charge >= 0.3 is 0 Å². The van der Waals surface area contributed by atoms with Gasteiger partial charge in [-0.2, -0.15) is 4.31 Å². The molecule has 2 aromatic rings. The fourth-order valence-corrected chi connectivity index (χ4v) is 5.60. The van der Waals surface area contributed by atoms with Gasteiger partial charge in [-0.15, -0.1) is 0 Å². The molecule has 9 heteroatoms. The normalized spacial score (nSPS) is 15.9. The lowest BCUT2D eigenvalue weighted by atomic mass is 10.1. The van der Waals surface area contributed by atoms with E-state index in [2.05, 4.69) is 5.32 Å². The van der Waals surface area contributed by atoms with Crippen LogP contribution in [-0.4, -0.2) is 51.5 Å². The molecule has 0 unspecified atom stereocenters. The summed E-state index contributed by atoms with van der Waals surface area (Å²) in [5, 5.41) is 2.80. The standard InChI is InChI=1S/C24H28N2O6S/c1-3-30-20-11-10-19(15-22(20)33(28,29)26-12-5-6-13-26)25-24(27)18-14-17-8-7-9-21(31-4-2)23(17)32-16-18/h7-11,14-15H,3-6,12-13,16H2,1-2H3,(H,25,27). The Labute approximate surface area is 194 Å². The minimum atomic E-state index is -3.72. The molecular weight excluding hydrogens is 444 g/mol. The van der Waals surface area contributed by atoms with Gasteiger partial charge in [0.15, 0.2) is 11.5 Å². The number of amides is 1. The van der Waals surface area contributed by atoms with E-state index in [1.807, 2.05) is 25.1 Å². The Bertz CT molecular complexity index is 1170. The topological polar surface area (TPSA) is 94.2 Å². The van der Waals surface area contributed by atoms with E-state index >= 15 is 0 Å². The minimum Gasteiger partial charge on any atom is -0.492 e. The quantitative estimate of drug-likeness (QED) is 0.630. The van der Waals surface area contributed by atoms with Crippen molar-refractivity contribution in [2.45, 2.75) is 31.6 Å². The Kier molecular flexibility index (Phi) is 6.90. The molecule has 0 bridgehead atoms. The van der Waals surface area contributed by atoms with Crippen LogP contribution in [0.2, 0.25) is 0 Å². The third kappa shape index (κ3) is 4.84. The van der Waals surface area contributed by atoms with Crippen molar-refractivity contribution < 1.29 is 27.4 Å². The molecule has 0 radical (unpaired) electrons. The van der Waals surface area contributed by atoms with Crippen molar-refractivity contribution in [2.24, 2.45) is 0 Å². The summed E-state index contributed by atoms with van der Waals surface area (Å²) < 4.78 is 44.8. The lowest BCUT2D eigenvalue weighted by Gasteiger charge is -2.21. The Hall–Kier alpha value is -3.04. The van der Waals surface area contributed by atoms with Gasteiger partial charge in [0.25, 0.3) is 5.91 Å². The third-order valence-electron chi connectivity index (χ3n) is 5.49. The number of para-hydroxylation sites is 1. The molecule has 0 aliphatic carbocycles. The van der Waals surface area contributed by atoms with Crippen LogP contribution in [0.4, 0.5) is 5.69 Å². The first-order valence-corrected chi connectivity index (χ1v) is 12.6. The predicted octanol–water partition coefficient (Wildman–Crippen LogP) is 3.68. The summed E-state index contributed by atoms with van der Waals surface area (Å²) in [5.41, 5.74) is 1.55. The van der Waals surface area contributed by atoms with Gasteiger partial charge in [-0.05, 0) is 57.0 Å². The highest BCUT2D eigenvalue weighted by Gasteiger charge is 2.30. The van der Waals surface area contributed by atoms with Crippen LogP contribution in [0, 0.1) is 0 Å². The zero-order valence-electron chi connectivity index (χ0n) is 18.8. The zero-order valence-corrected chi connectivity index (χ0v) is 19.6. The average molecular weight is 473 g/mol. The SMILES string of the molecule is CCOc1ccc(NC(=O)C2=Cc3cccc(OCC)c3OC2)cc1S(=O)(=O)N1CCCC1. The van der Waals surface area contributed by atoms with Crippen molar-refractivity contribution in [3.8, 4) is 17.2 Å². The summed E-state index contributed by atoms with van der Waals surface area (Å²) in [4.78, 5) is 13.0. The molecular formula is C24H28N2O6S. The van der Waals surface area contributed by atoms with Crippen LogP contribution < -0.4 is 19.5 Å². The molecule has 0 spiro atoms. The molecule has 1 saturated heterocycles. The molecule has 2 aliphatic heterocycles. The zero-order chi connectivity index (χ0) is 23.4. The molecule has 1 fully saturated rings. The Morgan fingerprint density at radius 1 is 1.06 bits per heavy atom. The Balaban J connectivity index is 1.59. The van der Waals surface area contributed by atoms with Crippen molar-refractivity contribution in [1.82, 2.24) is 4.31 Å². The Morgan fingerprint density at radius 2 is 1.79 bits per heavy atom. The van der Waals surface area contributed by atoms with Gasteiger partial charge in [-0.1, -0.05) is 12.1 Å². The number of sulfonamides is 1. The number of carbonyl (C=O) groups excluding carboxylic acids is 1. The highest BCUT2D eigenvalue weighted by molar-refractivity contribution is 7.89. The third-order valence-corrected chi connectivity index (χ3v) is 7.41. The van der Waals surface area contributed by atoms with Crippen molar-refractivity contribution in [3.05, 3.63) is 47.5 Å².